The van der Waals surface area contributed by atoms with Crippen molar-refractivity contribution in [3.8, 4) is 5.75 Å². The van der Waals surface area contributed by atoms with E-state index in [2.05, 4.69) is 10.6 Å². The van der Waals surface area contributed by atoms with E-state index in [0.29, 0.717) is 31.2 Å². The molecule has 1 fully saturated rings. The van der Waals surface area contributed by atoms with E-state index >= 15 is 0 Å². The van der Waals surface area contributed by atoms with Gasteiger partial charge < -0.3 is 20.1 Å². The lowest BCUT2D eigenvalue weighted by molar-refractivity contribution is -0.145. The Morgan fingerprint density at radius 2 is 1.94 bits per heavy atom. The average Bonchev–Trinajstić information content (AvgIpc) is 3.17. The van der Waals surface area contributed by atoms with Gasteiger partial charge in [-0.25, -0.2) is 9.18 Å². The predicted molar refractivity (Wildman–Crippen MR) is 115 cm³/mol. The van der Waals surface area contributed by atoms with Gasteiger partial charge >= 0.3 is 5.97 Å². The summed E-state index contributed by atoms with van der Waals surface area (Å²) in [5.41, 5.74) is 0.780. The molecule has 1 aliphatic rings. The molecule has 0 saturated carbocycles. The molecule has 0 bridgehead atoms. The fourth-order valence-corrected chi connectivity index (χ4v) is 4.01. The van der Waals surface area contributed by atoms with Gasteiger partial charge in [-0.1, -0.05) is 36.4 Å². The van der Waals surface area contributed by atoms with Crippen LogP contribution in [-0.4, -0.2) is 37.5 Å². The summed E-state index contributed by atoms with van der Waals surface area (Å²) in [6.45, 7) is 0. The highest BCUT2D eigenvalue weighted by molar-refractivity contribution is 5.85. The van der Waals surface area contributed by atoms with Crippen LogP contribution >= 0.6 is 0 Å². The van der Waals surface area contributed by atoms with Gasteiger partial charge in [0.05, 0.1) is 14.2 Å². The minimum absolute atomic E-state index is 0.0868. The Bertz CT molecular complexity index is 982. The van der Waals surface area contributed by atoms with Gasteiger partial charge in [0.1, 0.15) is 0 Å². The summed E-state index contributed by atoms with van der Waals surface area (Å²) < 4.78 is 23.7. The van der Waals surface area contributed by atoms with Crippen LogP contribution in [0.5, 0.6) is 5.75 Å². The van der Waals surface area contributed by atoms with Crippen molar-refractivity contribution in [1.82, 2.24) is 10.6 Å². The van der Waals surface area contributed by atoms with Gasteiger partial charge in [0.2, 0.25) is 11.8 Å². The van der Waals surface area contributed by atoms with Gasteiger partial charge in [-0.15, -0.1) is 0 Å². The third-order valence-corrected chi connectivity index (χ3v) is 5.70. The van der Waals surface area contributed by atoms with Crippen molar-refractivity contribution in [2.75, 3.05) is 14.2 Å². The van der Waals surface area contributed by atoms with E-state index in [1.54, 1.807) is 36.4 Å². The van der Waals surface area contributed by atoms with Gasteiger partial charge in [0.25, 0.3) is 0 Å². The van der Waals surface area contributed by atoms with Gasteiger partial charge in [0.15, 0.2) is 17.6 Å². The molecular weight excluding hydrogens is 415 g/mol. The van der Waals surface area contributed by atoms with Gasteiger partial charge in [-0.2, -0.15) is 0 Å². The monoisotopic (exact) mass is 442 g/mol. The van der Waals surface area contributed by atoms with Crippen molar-refractivity contribution >= 4 is 17.8 Å². The highest BCUT2D eigenvalue weighted by Gasteiger charge is 2.38. The molecule has 2 amide bonds. The Morgan fingerprint density at radius 3 is 2.56 bits per heavy atom. The molecule has 0 aromatic heterocycles. The molecule has 2 aromatic carbocycles. The number of amides is 2. The fourth-order valence-electron chi connectivity index (χ4n) is 4.01. The average molecular weight is 442 g/mol. The summed E-state index contributed by atoms with van der Waals surface area (Å²) in [5, 5.41) is 5.73. The van der Waals surface area contributed by atoms with Crippen molar-refractivity contribution < 1.29 is 28.2 Å². The molecule has 1 aliphatic heterocycles. The maximum absolute atomic E-state index is 13.8. The lowest BCUT2D eigenvalue weighted by Gasteiger charge is -2.30. The first-order valence-electron chi connectivity index (χ1n) is 10.4. The Hall–Kier alpha value is -3.42. The fraction of sp³-hybridized carbons (Fsp3) is 0.375. The second-order valence-corrected chi connectivity index (χ2v) is 7.91. The topological polar surface area (TPSA) is 93.7 Å². The Morgan fingerprint density at radius 1 is 1.19 bits per heavy atom. The second kappa shape index (κ2) is 10.3. The lowest BCUT2D eigenvalue weighted by atomic mass is 9.84. The molecule has 0 radical (unpaired) electrons. The normalized spacial score (nSPS) is 18.5. The van der Waals surface area contributed by atoms with Crippen molar-refractivity contribution in [2.45, 2.75) is 43.7 Å². The maximum Gasteiger partial charge on any atom is 0.333 e. The molecule has 8 heteroatoms. The van der Waals surface area contributed by atoms with Crippen LogP contribution < -0.4 is 15.4 Å². The number of carbonyl (C=O) groups excluding carboxylic acids is 3. The number of esters is 1. The number of rotatable bonds is 9. The lowest BCUT2D eigenvalue weighted by Crippen LogP contribution is -2.45. The third kappa shape index (κ3) is 5.63. The van der Waals surface area contributed by atoms with Crippen LogP contribution in [0.3, 0.4) is 0 Å². The molecule has 2 N–H and O–H groups in total. The minimum atomic E-state index is -0.913. The molecule has 170 valence electrons. The van der Waals surface area contributed by atoms with Gasteiger partial charge in [-0.3, -0.25) is 9.59 Å². The van der Waals surface area contributed by atoms with Crippen LogP contribution in [0.15, 0.2) is 48.5 Å². The Kier molecular flexibility index (Phi) is 7.45. The van der Waals surface area contributed by atoms with Crippen molar-refractivity contribution in [1.29, 1.82) is 0 Å². The summed E-state index contributed by atoms with van der Waals surface area (Å²) in [7, 11) is 2.66. The third-order valence-electron chi connectivity index (χ3n) is 5.70. The number of ether oxygens (including phenoxy) is 2. The smallest absolute Gasteiger partial charge is 0.333 e. The standard InChI is InChI=1S/C24H27FN2O5/c1-31-19-14-16(8-9-18(19)25)15-24(13-11-21(29)27-24)12-10-20(28)26-22(23(30)32-2)17-6-4-3-5-7-17/h3-9,14,22H,10-13,15H2,1-2H3,(H,26,28)(H,27,29)/t22-,24?/m0/s1. The first kappa shape index (κ1) is 23.2. The summed E-state index contributed by atoms with van der Waals surface area (Å²) in [4.78, 5) is 36.9. The predicted octanol–water partition coefficient (Wildman–Crippen LogP) is 2.84. The first-order chi connectivity index (χ1) is 15.4. The zero-order chi connectivity index (χ0) is 23.1. The van der Waals surface area contributed by atoms with E-state index in [9.17, 15) is 18.8 Å². The number of hydrogen-bond acceptors (Lipinski definition) is 5. The van der Waals surface area contributed by atoms with Crippen molar-refractivity contribution in [3.05, 3.63) is 65.5 Å². The summed E-state index contributed by atoms with van der Waals surface area (Å²) in [5.74, 6) is -1.32. The van der Waals surface area contributed by atoms with Crippen LogP contribution in [0.25, 0.3) is 0 Å². The zero-order valence-electron chi connectivity index (χ0n) is 18.2. The van der Waals surface area contributed by atoms with Crippen molar-refractivity contribution in [2.24, 2.45) is 0 Å². The Balaban J connectivity index is 1.70. The van der Waals surface area contributed by atoms with Crippen molar-refractivity contribution in [3.63, 3.8) is 0 Å². The molecular formula is C24H27FN2O5. The molecule has 32 heavy (non-hydrogen) atoms. The highest BCUT2D eigenvalue weighted by atomic mass is 19.1. The number of halogens is 1. The number of methoxy groups -OCH3 is 2. The molecule has 0 aliphatic carbocycles. The molecule has 3 rings (SSSR count). The van der Waals surface area contributed by atoms with Gasteiger partial charge in [0, 0.05) is 18.4 Å². The molecule has 7 nitrogen and oxygen atoms in total. The van der Waals surface area contributed by atoms with E-state index in [1.807, 2.05) is 6.07 Å². The van der Waals surface area contributed by atoms with E-state index in [4.69, 9.17) is 9.47 Å². The van der Waals surface area contributed by atoms with E-state index in [-0.39, 0.29) is 24.0 Å². The highest BCUT2D eigenvalue weighted by Crippen LogP contribution is 2.31. The SMILES string of the molecule is COC(=O)[C@@H](NC(=O)CCC1(Cc2ccc(F)c(OC)c2)CCC(=O)N1)c1ccccc1. The van der Waals surface area contributed by atoms with Crippen LogP contribution in [0.1, 0.15) is 42.9 Å². The molecule has 0 spiro atoms. The largest absolute Gasteiger partial charge is 0.494 e. The van der Waals surface area contributed by atoms with Gasteiger partial charge in [-0.05, 0) is 42.5 Å². The van der Waals surface area contributed by atoms with E-state index in [0.717, 1.165) is 5.56 Å². The van der Waals surface area contributed by atoms with Crippen LogP contribution in [0.2, 0.25) is 0 Å². The maximum atomic E-state index is 13.8. The molecule has 1 heterocycles. The molecule has 1 unspecified atom stereocenters. The Labute approximate surface area is 186 Å². The second-order valence-electron chi connectivity index (χ2n) is 7.91. The zero-order valence-corrected chi connectivity index (χ0v) is 18.2. The summed E-state index contributed by atoms with van der Waals surface area (Å²) in [6, 6.07) is 12.5. The number of nitrogens with one attached hydrogen (secondary N) is 2. The van der Waals surface area contributed by atoms with Crippen LogP contribution in [0, 0.1) is 5.82 Å². The number of carbonyl (C=O) groups is 3. The molecule has 2 aromatic rings. The first-order valence-corrected chi connectivity index (χ1v) is 10.4. The number of benzene rings is 2. The number of hydrogen-bond donors (Lipinski definition) is 2. The quantitative estimate of drug-likeness (QED) is 0.583. The van der Waals surface area contributed by atoms with E-state index < -0.39 is 23.4 Å². The summed E-state index contributed by atoms with van der Waals surface area (Å²) in [6.07, 6.45) is 1.81. The minimum Gasteiger partial charge on any atom is -0.494 e. The molecule has 2 atom stereocenters. The van der Waals surface area contributed by atoms with E-state index in [1.165, 1.54) is 20.3 Å². The summed E-state index contributed by atoms with van der Waals surface area (Å²) >= 11 is 0. The van der Waals surface area contributed by atoms with Crippen LogP contribution in [0.4, 0.5) is 4.39 Å². The molecule has 1 saturated heterocycles. The van der Waals surface area contributed by atoms with Crippen LogP contribution in [-0.2, 0) is 25.5 Å².